The predicted molar refractivity (Wildman–Crippen MR) is 81.7 cm³/mol. The van der Waals surface area contributed by atoms with Crippen molar-refractivity contribution in [3.63, 3.8) is 0 Å². The Morgan fingerprint density at radius 1 is 1.19 bits per heavy atom. The molecule has 21 heavy (non-hydrogen) atoms. The number of nitrogen functional groups attached to an aromatic ring is 1. The Morgan fingerprint density at radius 3 is 2.52 bits per heavy atom. The molecule has 2 aromatic rings. The molecule has 0 fully saturated rings. The largest absolute Gasteiger partial charge is 0.486 e. The van der Waals surface area contributed by atoms with E-state index >= 15 is 0 Å². The van der Waals surface area contributed by atoms with Crippen molar-refractivity contribution < 1.29 is 9.53 Å². The number of aromatic nitrogens is 1. The molecule has 0 unspecified atom stereocenters. The molecule has 0 aliphatic carbocycles. The number of hydrogen-bond acceptors (Lipinski definition) is 4. The highest BCUT2D eigenvalue weighted by Gasteiger charge is 2.08. The van der Waals surface area contributed by atoms with Crippen LogP contribution in [-0.4, -0.2) is 10.9 Å². The highest BCUT2D eigenvalue weighted by molar-refractivity contribution is 6.43. The Balaban J connectivity index is 2.06. The molecule has 1 heterocycles. The Kier molecular flexibility index (Phi) is 5.25. The number of amides is 1. The minimum Gasteiger partial charge on any atom is -0.486 e. The predicted octanol–water partition coefficient (Wildman–Crippen LogP) is 3.22. The van der Waals surface area contributed by atoms with Crippen molar-refractivity contribution in [1.82, 2.24) is 10.4 Å². The van der Waals surface area contributed by atoms with Crippen LogP contribution in [0.15, 0.2) is 30.5 Å². The Bertz CT molecular complexity index is 662. The maximum atomic E-state index is 11.3. The van der Waals surface area contributed by atoms with Crippen molar-refractivity contribution >= 4 is 40.7 Å². The van der Waals surface area contributed by atoms with E-state index < -0.39 is 5.91 Å². The third-order valence-electron chi connectivity index (χ3n) is 2.57. The van der Waals surface area contributed by atoms with Gasteiger partial charge in [-0.2, -0.15) is 0 Å². The van der Waals surface area contributed by atoms with Gasteiger partial charge in [-0.1, -0.05) is 34.8 Å². The molecule has 0 aliphatic rings. The molecule has 0 bridgehead atoms. The van der Waals surface area contributed by atoms with Crippen molar-refractivity contribution in [3.8, 4) is 5.75 Å². The molecule has 0 aliphatic heterocycles. The number of rotatable bonds is 4. The van der Waals surface area contributed by atoms with Gasteiger partial charge < -0.3 is 4.74 Å². The monoisotopic (exact) mass is 345 g/mol. The standard InChI is InChI=1S/C13H10Cl3N3O2/c14-9-3-11(16)12(4-10(9)15)21-6-8-2-1-7(5-18-8)13(20)19-17/h1-5H,6,17H2,(H,19,20). The summed E-state index contributed by atoms with van der Waals surface area (Å²) in [5.74, 6) is 5.02. The molecule has 0 saturated carbocycles. The third-order valence-corrected chi connectivity index (χ3v) is 3.59. The average molecular weight is 347 g/mol. The van der Waals surface area contributed by atoms with Crippen LogP contribution in [-0.2, 0) is 6.61 Å². The number of hydrogen-bond donors (Lipinski definition) is 2. The van der Waals surface area contributed by atoms with Crippen LogP contribution in [0.2, 0.25) is 15.1 Å². The molecular weight excluding hydrogens is 337 g/mol. The lowest BCUT2D eigenvalue weighted by Crippen LogP contribution is -2.30. The summed E-state index contributed by atoms with van der Waals surface area (Å²) in [4.78, 5) is 15.4. The number of ether oxygens (including phenoxy) is 1. The first kappa shape index (κ1) is 15.9. The van der Waals surface area contributed by atoms with E-state index in [1.165, 1.54) is 18.3 Å². The quantitative estimate of drug-likeness (QED) is 0.386. The van der Waals surface area contributed by atoms with Gasteiger partial charge in [0, 0.05) is 12.3 Å². The maximum absolute atomic E-state index is 11.3. The lowest BCUT2D eigenvalue weighted by atomic mass is 10.2. The van der Waals surface area contributed by atoms with Crippen LogP contribution in [0.1, 0.15) is 16.1 Å². The van der Waals surface area contributed by atoms with Crippen LogP contribution < -0.4 is 16.0 Å². The third kappa shape index (κ3) is 3.98. The van der Waals surface area contributed by atoms with Crippen LogP contribution in [0.5, 0.6) is 5.75 Å². The van der Waals surface area contributed by atoms with Gasteiger partial charge in [-0.25, -0.2) is 5.84 Å². The normalized spacial score (nSPS) is 10.3. The zero-order valence-electron chi connectivity index (χ0n) is 10.6. The molecule has 1 amide bonds. The molecule has 3 N–H and O–H groups in total. The molecule has 110 valence electrons. The lowest BCUT2D eigenvalue weighted by Gasteiger charge is -2.09. The molecular formula is C13H10Cl3N3O2. The fourth-order valence-corrected chi connectivity index (χ4v) is 2.09. The van der Waals surface area contributed by atoms with Crippen LogP contribution in [0.4, 0.5) is 0 Å². The van der Waals surface area contributed by atoms with Gasteiger partial charge in [0.05, 0.1) is 26.3 Å². The first-order valence-electron chi connectivity index (χ1n) is 5.74. The van der Waals surface area contributed by atoms with E-state index in [0.717, 1.165) is 0 Å². The second-order valence-corrected chi connectivity index (χ2v) is 5.22. The van der Waals surface area contributed by atoms with Crippen molar-refractivity contribution in [2.75, 3.05) is 0 Å². The summed E-state index contributed by atoms with van der Waals surface area (Å²) < 4.78 is 5.52. The van der Waals surface area contributed by atoms with E-state index in [2.05, 4.69) is 4.98 Å². The molecule has 1 aromatic carbocycles. The number of nitrogens with one attached hydrogen (secondary N) is 1. The van der Waals surface area contributed by atoms with Gasteiger partial charge in [-0.3, -0.25) is 15.2 Å². The van der Waals surface area contributed by atoms with E-state index in [1.807, 2.05) is 5.43 Å². The molecule has 0 radical (unpaired) electrons. The number of carbonyl (C=O) groups is 1. The summed E-state index contributed by atoms with van der Waals surface area (Å²) in [6.45, 7) is 0.169. The van der Waals surface area contributed by atoms with Crippen molar-refractivity contribution in [3.05, 3.63) is 56.8 Å². The fraction of sp³-hybridized carbons (Fsp3) is 0.0769. The van der Waals surface area contributed by atoms with Crippen LogP contribution in [0, 0.1) is 0 Å². The maximum Gasteiger partial charge on any atom is 0.266 e. The second-order valence-electron chi connectivity index (χ2n) is 4.00. The molecule has 0 spiro atoms. The van der Waals surface area contributed by atoms with Gasteiger partial charge in [0.15, 0.2) is 0 Å². The fourth-order valence-electron chi connectivity index (χ4n) is 1.49. The molecule has 1 aromatic heterocycles. The van der Waals surface area contributed by atoms with Gasteiger partial charge in [-0.15, -0.1) is 0 Å². The molecule has 2 rings (SSSR count). The summed E-state index contributed by atoms with van der Waals surface area (Å²) in [5.41, 5.74) is 2.99. The highest BCUT2D eigenvalue weighted by atomic mass is 35.5. The van der Waals surface area contributed by atoms with E-state index in [4.69, 9.17) is 45.4 Å². The van der Waals surface area contributed by atoms with Crippen molar-refractivity contribution in [2.24, 2.45) is 5.84 Å². The van der Waals surface area contributed by atoms with E-state index in [0.29, 0.717) is 32.1 Å². The summed E-state index contributed by atoms with van der Waals surface area (Å²) in [5, 5.41) is 1.05. The molecule has 0 saturated heterocycles. The van der Waals surface area contributed by atoms with Crippen LogP contribution >= 0.6 is 34.8 Å². The number of halogens is 3. The van der Waals surface area contributed by atoms with Crippen molar-refractivity contribution in [2.45, 2.75) is 6.61 Å². The van der Waals surface area contributed by atoms with Gasteiger partial charge in [-0.05, 0) is 18.2 Å². The van der Waals surface area contributed by atoms with Crippen LogP contribution in [0.25, 0.3) is 0 Å². The minimum atomic E-state index is -0.414. The number of pyridine rings is 1. The van der Waals surface area contributed by atoms with Gasteiger partial charge in [0.1, 0.15) is 12.4 Å². The van der Waals surface area contributed by atoms with E-state index in [-0.39, 0.29) is 6.61 Å². The molecule has 8 heteroatoms. The summed E-state index contributed by atoms with van der Waals surface area (Å²) in [6.07, 6.45) is 1.40. The number of hydrazine groups is 1. The smallest absolute Gasteiger partial charge is 0.266 e. The summed E-state index contributed by atoms with van der Waals surface area (Å²) in [7, 11) is 0. The van der Waals surface area contributed by atoms with E-state index in [1.54, 1.807) is 12.1 Å². The van der Waals surface area contributed by atoms with Gasteiger partial charge in [0.2, 0.25) is 0 Å². The second kappa shape index (κ2) is 6.95. The summed E-state index contributed by atoms with van der Waals surface area (Å²) >= 11 is 17.7. The Morgan fingerprint density at radius 2 is 1.90 bits per heavy atom. The van der Waals surface area contributed by atoms with E-state index in [9.17, 15) is 4.79 Å². The number of carbonyl (C=O) groups excluding carboxylic acids is 1. The first-order chi connectivity index (χ1) is 10.0. The number of benzene rings is 1. The zero-order chi connectivity index (χ0) is 15.4. The number of nitrogens with two attached hydrogens (primary N) is 1. The molecule has 0 atom stereocenters. The average Bonchev–Trinajstić information content (AvgIpc) is 2.49. The summed E-state index contributed by atoms with van der Waals surface area (Å²) in [6, 6.07) is 6.27. The number of nitrogens with zero attached hydrogens (tertiary/aromatic N) is 1. The zero-order valence-corrected chi connectivity index (χ0v) is 12.8. The van der Waals surface area contributed by atoms with Crippen molar-refractivity contribution in [1.29, 1.82) is 0 Å². The van der Waals surface area contributed by atoms with Crippen LogP contribution in [0.3, 0.4) is 0 Å². The highest BCUT2D eigenvalue weighted by Crippen LogP contribution is 2.34. The Hall–Kier alpha value is -1.53. The Labute approximate surface area is 135 Å². The van der Waals surface area contributed by atoms with Gasteiger partial charge >= 0.3 is 0 Å². The topological polar surface area (TPSA) is 77.2 Å². The minimum absolute atomic E-state index is 0.169. The SMILES string of the molecule is NNC(=O)c1ccc(COc2cc(Cl)c(Cl)cc2Cl)nc1. The molecule has 5 nitrogen and oxygen atoms in total. The van der Waals surface area contributed by atoms with Gasteiger partial charge in [0.25, 0.3) is 5.91 Å². The lowest BCUT2D eigenvalue weighted by molar-refractivity contribution is 0.0953. The first-order valence-corrected chi connectivity index (χ1v) is 6.88.